The van der Waals surface area contributed by atoms with E-state index in [1.54, 1.807) is 12.2 Å². The molecule has 0 aromatic heterocycles. The zero-order valence-electron chi connectivity index (χ0n) is 66.9. The van der Waals surface area contributed by atoms with Crippen LogP contribution < -0.4 is 0 Å². The molecule has 0 aliphatic carbocycles. The number of phosphoric acid groups is 2. The molecule has 0 fully saturated rings. The number of rotatable bonds is 75. The van der Waals surface area contributed by atoms with Crippen molar-refractivity contribution >= 4 is 39.5 Å². The SMILES string of the molecule is CC/C=C\C/C=C\C/C=C\C/C=C\C/C=C\CC(=O)OC(COC(=O)CCCCCCCC/C=C\C/C=C\C/C=C\C/C=C\CC)COP(=O)(O)OCC(O)COP(=O)(O)OCC(COC(=O)CCCCCCCC/C=C\C/C=C\C/C=C\CCCCC)OC(=O)CCCCCCC/C=C\C/C=C\C/C=C\CC. The number of unbranched alkanes of at least 4 members (excludes halogenated alkanes) is 20. The Morgan fingerprint density at radius 3 is 0.824 bits per heavy atom. The summed E-state index contributed by atoms with van der Waals surface area (Å²) in [5.41, 5.74) is 0. The van der Waals surface area contributed by atoms with Gasteiger partial charge in [0.25, 0.3) is 0 Å². The van der Waals surface area contributed by atoms with Crippen molar-refractivity contribution in [2.45, 2.75) is 316 Å². The Labute approximate surface area is 654 Å². The van der Waals surface area contributed by atoms with Gasteiger partial charge in [0.15, 0.2) is 12.2 Å². The molecule has 0 aliphatic heterocycles. The predicted molar refractivity (Wildman–Crippen MR) is 445 cm³/mol. The van der Waals surface area contributed by atoms with Crippen LogP contribution in [0.25, 0.3) is 0 Å². The lowest BCUT2D eigenvalue weighted by molar-refractivity contribution is -0.161. The summed E-state index contributed by atoms with van der Waals surface area (Å²) >= 11 is 0. The first kappa shape index (κ1) is 102. The molecule has 612 valence electrons. The molecule has 5 unspecified atom stereocenters. The van der Waals surface area contributed by atoms with E-state index in [9.17, 15) is 43.2 Å². The lowest BCUT2D eigenvalue weighted by Crippen LogP contribution is -2.30. The number of hydrogen-bond acceptors (Lipinski definition) is 15. The molecule has 0 aromatic carbocycles. The zero-order valence-corrected chi connectivity index (χ0v) is 68.7. The summed E-state index contributed by atoms with van der Waals surface area (Å²) in [5.74, 6) is -2.38. The summed E-state index contributed by atoms with van der Waals surface area (Å²) < 4.78 is 68.5. The summed E-state index contributed by atoms with van der Waals surface area (Å²) in [5, 5.41) is 10.7. The van der Waals surface area contributed by atoms with Gasteiger partial charge in [-0.2, -0.15) is 0 Å². The van der Waals surface area contributed by atoms with Gasteiger partial charge in [-0.3, -0.25) is 37.3 Å². The molecule has 5 atom stereocenters. The highest BCUT2D eigenvalue weighted by Crippen LogP contribution is 2.45. The standard InChI is InChI=1S/C89H144O17P2/c1-5-9-13-17-21-25-29-33-37-39-41-43-47-49-53-57-61-65-69-73-86(91)99-79-84(105-88(93)75-71-67-63-59-55-51-45-35-31-27-23-19-15-11-7-3)81-103-107(95,96)101-77-83(90)78-102-108(97,98)104-82-85(106-89(94)76-72-68-64-60-56-52-46-36-32-28-24-20-16-12-8-4)80-100-87(92)74-70-66-62-58-54-50-48-44-42-40-38-34-30-26-22-18-14-10-6-2/h9,11-13,15-16,21-28,33-38,41-46,55,59,67,71,83-85,90H,5-8,10,14,17-20,29-32,39-40,47-54,56-58,60-66,68-70,72-82H2,1-4H3,(H,95,96)(H,97,98)/b13-9-,15-11-,16-12-,25-21-,26-22-,27-23-,28-24-,37-33-,38-34-,43-41-,44-42-,45-35-,46-36-,59-55-,71-67-. The Balaban J connectivity index is 5.47. The van der Waals surface area contributed by atoms with Gasteiger partial charge in [0, 0.05) is 19.3 Å². The zero-order chi connectivity index (χ0) is 78.9. The van der Waals surface area contributed by atoms with E-state index in [0.717, 1.165) is 199 Å². The number of carbonyl (C=O) groups excluding carboxylic acids is 4. The van der Waals surface area contributed by atoms with Crippen LogP contribution in [-0.2, 0) is 65.4 Å². The molecule has 0 heterocycles. The van der Waals surface area contributed by atoms with Crippen molar-refractivity contribution in [3.05, 3.63) is 182 Å². The van der Waals surface area contributed by atoms with Crippen molar-refractivity contribution < 1.29 is 80.2 Å². The van der Waals surface area contributed by atoms with Crippen LogP contribution in [0.4, 0.5) is 0 Å². The number of esters is 4. The molecule has 19 heteroatoms. The van der Waals surface area contributed by atoms with Crippen molar-refractivity contribution in [1.29, 1.82) is 0 Å². The molecule has 108 heavy (non-hydrogen) atoms. The van der Waals surface area contributed by atoms with Crippen LogP contribution >= 0.6 is 15.6 Å². The molecule has 3 N–H and O–H groups in total. The molecule has 17 nitrogen and oxygen atoms in total. The Kier molecular flexibility index (Phi) is 75.0. The first-order valence-corrected chi connectivity index (χ1v) is 44.0. The minimum absolute atomic E-state index is 0.0634. The van der Waals surface area contributed by atoms with Crippen molar-refractivity contribution in [3.63, 3.8) is 0 Å². The number of allylic oxidation sites excluding steroid dienone is 29. The van der Waals surface area contributed by atoms with E-state index in [4.69, 9.17) is 37.0 Å². The fourth-order valence-electron chi connectivity index (χ4n) is 10.2. The monoisotopic (exact) mass is 1550 g/mol. The smallest absolute Gasteiger partial charge is 0.462 e. The second-order valence-corrected chi connectivity index (χ2v) is 29.5. The second-order valence-electron chi connectivity index (χ2n) is 26.6. The second kappa shape index (κ2) is 79.3. The number of phosphoric ester groups is 2. The maximum atomic E-state index is 13.1. The number of hydrogen-bond donors (Lipinski definition) is 3. The molecule has 0 bridgehead atoms. The molecule has 0 saturated carbocycles. The predicted octanol–water partition coefficient (Wildman–Crippen LogP) is 24.3. The van der Waals surface area contributed by atoms with Gasteiger partial charge in [0.2, 0.25) is 0 Å². The van der Waals surface area contributed by atoms with E-state index < -0.39 is 97.5 Å². The largest absolute Gasteiger partial charge is 0.472 e. The van der Waals surface area contributed by atoms with Crippen LogP contribution in [-0.4, -0.2) is 96.7 Å². The van der Waals surface area contributed by atoms with E-state index in [0.29, 0.717) is 25.7 Å². The lowest BCUT2D eigenvalue weighted by atomic mass is 10.1. The first-order valence-electron chi connectivity index (χ1n) is 41.0. The normalized spacial score (nSPS) is 14.8. The maximum Gasteiger partial charge on any atom is 0.472 e. The average Bonchev–Trinajstić information content (AvgIpc) is 0.907. The summed E-state index contributed by atoms with van der Waals surface area (Å²) in [6.45, 7) is 4.33. The van der Waals surface area contributed by atoms with E-state index >= 15 is 0 Å². The van der Waals surface area contributed by atoms with Gasteiger partial charge < -0.3 is 33.8 Å². The summed E-state index contributed by atoms with van der Waals surface area (Å²) in [7, 11) is -10.0. The first-order chi connectivity index (χ1) is 52.7. The fourth-order valence-corrected chi connectivity index (χ4v) is 11.8. The van der Waals surface area contributed by atoms with Crippen molar-refractivity contribution in [2.24, 2.45) is 0 Å². The van der Waals surface area contributed by atoms with E-state index in [2.05, 4.69) is 186 Å². The third kappa shape index (κ3) is 78.3. The molecular weight excluding hydrogens is 1400 g/mol. The van der Waals surface area contributed by atoms with Gasteiger partial charge in [-0.05, 0) is 161 Å². The van der Waals surface area contributed by atoms with Crippen molar-refractivity contribution in [2.75, 3.05) is 39.6 Å². The molecule has 0 aliphatic rings. The lowest BCUT2D eigenvalue weighted by Gasteiger charge is -2.21. The maximum absolute atomic E-state index is 13.1. The minimum Gasteiger partial charge on any atom is -0.462 e. The van der Waals surface area contributed by atoms with E-state index in [1.165, 1.54) is 19.3 Å². The number of carbonyl (C=O) groups is 4. The highest BCUT2D eigenvalue weighted by atomic mass is 31.2. The van der Waals surface area contributed by atoms with Gasteiger partial charge >= 0.3 is 39.5 Å². The summed E-state index contributed by atoms with van der Waals surface area (Å²) in [6, 6.07) is 0. The van der Waals surface area contributed by atoms with Gasteiger partial charge in [-0.25, -0.2) is 9.13 Å². The van der Waals surface area contributed by atoms with Gasteiger partial charge in [0.05, 0.1) is 32.8 Å². The van der Waals surface area contributed by atoms with Crippen molar-refractivity contribution in [3.8, 4) is 0 Å². The molecule has 0 amide bonds. The Morgan fingerprint density at radius 1 is 0.278 bits per heavy atom. The molecular formula is C89H144O17P2. The van der Waals surface area contributed by atoms with E-state index in [-0.39, 0.29) is 25.7 Å². The average molecular weight is 1550 g/mol. The number of aliphatic hydroxyl groups excluding tert-OH is 1. The number of aliphatic hydroxyl groups is 1. The highest BCUT2D eigenvalue weighted by Gasteiger charge is 2.30. The molecule has 0 rings (SSSR count). The third-order valence-electron chi connectivity index (χ3n) is 16.4. The minimum atomic E-state index is -5.02. The molecule has 0 saturated heterocycles. The third-order valence-corrected chi connectivity index (χ3v) is 18.3. The topological polar surface area (TPSA) is 237 Å². The van der Waals surface area contributed by atoms with Crippen molar-refractivity contribution in [1.82, 2.24) is 0 Å². The highest BCUT2D eigenvalue weighted by molar-refractivity contribution is 7.47. The van der Waals surface area contributed by atoms with Crippen LogP contribution in [0.3, 0.4) is 0 Å². The molecule has 0 aromatic rings. The van der Waals surface area contributed by atoms with Gasteiger partial charge in [-0.1, -0.05) is 293 Å². The Hall–Kier alpha value is -5.84. The quantitative estimate of drug-likeness (QED) is 0.0169. The Morgan fingerprint density at radius 2 is 0.519 bits per heavy atom. The van der Waals surface area contributed by atoms with Crippen LogP contribution in [0.2, 0.25) is 0 Å². The van der Waals surface area contributed by atoms with Gasteiger partial charge in [-0.15, -0.1) is 0 Å². The fraction of sp³-hybridized carbons (Fsp3) is 0.618. The van der Waals surface area contributed by atoms with Crippen LogP contribution in [0.5, 0.6) is 0 Å². The molecule has 0 spiro atoms. The summed E-state index contributed by atoms with van der Waals surface area (Å²) in [6.07, 6.45) is 96.1. The van der Waals surface area contributed by atoms with Crippen LogP contribution in [0.1, 0.15) is 297 Å². The van der Waals surface area contributed by atoms with E-state index in [1.807, 2.05) is 12.2 Å². The molecule has 0 radical (unpaired) electrons. The van der Waals surface area contributed by atoms with Crippen LogP contribution in [0.15, 0.2) is 182 Å². The van der Waals surface area contributed by atoms with Crippen LogP contribution in [0, 0.1) is 0 Å². The number of ether oxygens (including phenoxy) is 4. The Bertz CT molecular complexity index is 2760. The van der Waals surface area contributed by atoms with Gasteiger partial charge in [0.1, 0.15) is 19.3 Å². The summed E-state index contributed by atoms with van der Waals surface area (Å²) in [4.78, 5) is 73.1.